The molecule has 0 spiro atoms. The summed E-state index contributed by atoms with van der Waals surface area (Å²) < 4.78 is 39.8. The van der Waals surface area contributed by atoms with Crippen LogP contribution in [0.15, 0.2) is 18.2 Å². The molecule has 0 atom stereocenters. The topological polar surface area (TPSA) is 90.0 Å². The fourth-order valence-electron chi connectivity index (χ4n) is 3.53. The van der Waals surface area contributed by atoms with E-state index in [9.17, 15) is 32.7 Å². The van der Waals surface area contributed by atoms with Crippen molar-refractivity contribution in [2.45, 2.75) is 44.4 Å². The van der Waals surface area contributed by atoms with Gasteiger partial charge < -0.3 is 20.2 Å². The third-order valence-corrected chi connectivity index (χ3v) is 5.22. The lowest BCUT2D eigenvalue weighted by molar-refractivity contribution is -0.137. The molecule has 0 saturated carbocycles. The van der Waals surface area contributed by atoms with Crippen LogP contribution in [0.4, 0.5) is 18.9 Å². The Labute approximate surface area is 171 Å². The predicted octanol–water partition coefficient (Wildman–Crippen LogP) is 2.25. The van der Waals surface area contributed by atoms with E-state index in [4.69, 9.17) is 0 Å². The quantitative estimate of drug-likeness (QED) is 0.754. The highest BCUT2D eigenvalue weighted by molar-refractivity contribution is 5.98. The second-order valence-electron chi connectivity index (χ2n) is 7.65. The largest absolute Gasteiger partial charge is 0.416 e. The number of rotatable bonds is 5. The Morgan fingerprint density at radius 1 is 1.13 bits per heavy atom. The summed E-state index contributed by atoms with van der Waals surface area (Å²) in [6.45, 7) is 0.873. The Kier molecular flexibility index (Phi) is 6.64. The average molecular weight is 427 g/mol. The summed E-state index contributed by atoms with van der Waals surface area (Å²) in [5.74, 6) is -1.20. The number of aliphatic hydroxyl groups excluding tert-OH is 1. The van der Waals surface area contributed by atoms with Gasteiger partial charge in [-0.2, -0.15) is 13.2 Å². The Balaban J connectivity index is 1.69. The van der Waals surface area contributed by atoms with Gasteiger partial charge in [0.15, 0.2) is 0 Å². The molecule has 1 aromatic carbocycles. The first-order valence-corrected chi connectivity index (χ1v) is 9.91. The number of halogens is 3. The van der Waals surface area contributed by atoms with Crippen molar-refractivity contribution in [1.29, 1.82) is 0 Å². The monoisotopic (exact) mass is 427 g/mol. The summed E-state index contributed by atoms with van der Waals surface area (Å²) >= 11 is 0. The van der Waals surface area contributed by atoms with Crippen LogP contribution in [0, 0.1) is 0 Å². The number of nitrogens with zero attached hydrogens (tertiary/aromatic N) is 2. The molecular formula is C20H24F3N3O4. The first-order valence-electron chi connectivity index (χ1n) is 9.91. The maximum absolute atomic E-state index is 13.3. The number of β-amino-alcohol motifs (C(OH)–C–C–N with tert-alkyl or cyclic N) is 1. The molecule has 0 aliphatic carbocycles. The Morgan fingerprint density at radius 2 is 1.87 bits per heavy atom. The van der Waals surface area contributed by atoms with Crippen molar-refractivity contribution < 1.29 is 32.7 Å². The second kappa shape index (κ2) is 9.03. The van der Waals surface area contributed by atoms with Crippen LogP contribution < -0.4 is 5.32 Å². The summed E-state index contributed by atoms with van der Waals surface area (Å²) in [7, 11) is 0. The van der Waals surface area contributed by atoms with E-state index in [2.05, 4.69) is 5.32 Å². The number of carbonyl (C=O) groups excluding carboxylic acids is 3. The summed E-state index contributed by atoms with van der Waals surface area (Å²) in [5.41, 5.74) is -1.40. The van der Waals surface area contributed by atoms with Crippen molar-refractivity contribution >= 4 is 23.4 Å². The van der Waals surface area contributed by atoms with E-state index in [1.54, 1.807) is 4.90 Å². The van der Waals surface area contributed by atoms with Crippen LogP contribution in [0.3, 0.4) is 0 Å². The van der Waals surface area contributed by atoms with Crippen LogP contribution in [0.1, 0.15) is 48.0 Å². The van der Waals surface area contributed by atoms with Crippen molar-refractivity contribution in [2.75, 3.05) is 31.5 Å². The molecule has 2 saturated heterocycles. The zero-order valence-electron chi connectivity index (χ0n) is 16.4. The third-order valence-electron chi connectivity index (χ3n) is 5.22. The molecule has 164 valence electrons. The molecule has 1 aromatic rings. The van der Waals surface area contributed by atoms with Crippen molar-refractivity contribution in [2.24, 2.45) is 0 Å². The fraction of sp³-hybridized carbons (Fsp3) is 0.550. The third kappa shape index (κ3) is 5.50. The summed E-state index contributed by atoms with van der Waals surface area (Å²) in [6.07, 6.45) is -2.36. The number of aliphatic hydroxyl groups is 1. The number of alkyl halides is 3. The molecule has 10 heteroatoms. The minimum Gasteiger partial charge on any atom is -0.389 e. The standard InChI is InChI=1S/C20H24F3N3O4/c21-20(22,23)14-8-13(19(30)26-11-16(27)12-26)9-15(10-14)24-17(28)5-7-25-6-3-1-2-4-18(25)29/h8-10,16,27H,1-7,11-12H2,(H,24,28). The highest BCUT2D eigenvalue weighted by atomic mass is 19.4. The van der Waals surface area contributed by atoms with E-state index in [0.29, 0.717) is 13.0 Å². The van der Waals surface area contributed by atoms with Crippen LogP contribution >= 0.6 is 0 Å². The number of hydrogen-bond donors (Lipinski definition) is 2. The zero-order valence-corrected chi connectivity index (χ0v) is 16.4. The van der Waals surface area contributed by atoms with E-state index in [1.165, 1.54) is 11.0 Å². The van der Waals surface area contributed by atoms with Gasteiger partial charge in [-0.15, -0.1) is 0 Å². The minimum atomic E-state index is -4.69. The summed E-state index contributed by atoms with van der Waals surface area (Å²) in [4.78, 5) is 39.5. The Hall–Kier alpha value is -2.62. The van der Waals surface area contributed by atoms with Gasteiger partial charge >= 0.3 is 6.18 Å². The lowest BCUT2D eigenvalue weighted by atomic mass is 10.0. The molecule has 2 aliphatic heterocycles. The number of benzene rings is 1. The Morgan fingerprint density at radius 3 is 2.53 bits per heavy atom. The van der Waals surface area contributed by atoms with Crippen LogP contribution in [-0.4, -0.2) is 64.9 Å². The van der Waals surface area contributed by atoms with Crippen LogP contribution in [-0.2, 0) is 15.8 Å². The van der Waals surface area contributed by atoms with Crippen molar-refractivity contribution in [1.82, 2.24) is 9.80 Å². The molecule has 2 heterocycles. The van der Waals surface area contributed by atoms with Gasteiger partial charge in [0, 0.05) is 50.3 Å². The molecule has 0 bridgehead atoms. The van der Waals surface area contributed by atoms with E-state index in [0.717, 1.165) is 31.4 Å². The van der Waals surface area contributed by atoms with Crippen molar-refractivity contribution in [3.63, 3.8) is 0 Å². The number of nitrogens with one attached hydrogen (secondary N) is 1. The van der Waals surface area contributed by atoms with Crippen LogP contribution in [0.25, 0.3) is 0 Å². The normalized spacial score (nSPS) is 18.1. The lowest BCUT2D eigenvalue weighted by Gasteiger charge is -2.36. The van der Waals surface area contributed by atoms with E-state index < -0.39 is 29.7 Å². The van der Waals surface area contributed by atoms with Gasteiger partial charge in [0.2, 0.25) is 11.8 Å². The number of likely N-dealkylation sites (tertiary alicyclic amines) is 2. The SMILES string of the molecule is O=C(CCN1CCCCCC1=O)Nc1cc(C(=O)N2CC(O)C2)cc(C(F)(F)F)c1. The summed E-state index contributed by atoms with van der Waals surface area (Å²) in [6, 6.07) is 2.70. The first-order chi connectivity index (χ1) is 14.1. The fourth-order valence-corrected chi connectivity index (χ4v) is 3.53. The maximum Gasteiger partial charge on any atom is 0.416 e. The van der Waals surface area contributed by atoms with Crippen LogP contribution in [0.2, 0.25) is 0 Å². The molecular weight excluding hydrogens is 403 g/mol. The maximum atomic E-state index is 13.3. The summed E-state index contributed by atoms with van der Waals surface area (Å²) in [5, 5.41) is 11.7. The molecule has 30 heavy (non-hydrogen) atoms. The lowest BCUT2D eigenvalue weighted by Crippen LogP contribution is -2.53. The predicted molar refractivity (Wildman–Crippen MR) is 102 cm³/mol. The van der Waals surface area contributed by atoms with Gasteiger partial charge in [0.05, 0.1) is 11.7 Å². The molecule has 7 nitrogen and oxygen atoms in total. The van der Waals surface area contributed by atoms with Gasteiger partial charge in [0.1, 0.15) is 0 Å². The molecule has 2 N–H and O–H groups in total. The van der Waals surface area contributed by atoms with Gasteiger partial charge in [0.25, 0.3) is 5.91 Å². The number of hydrogen-bond acceptors (Lipinski definition) is 4. The van der Waals surface area contributed by atoms with Crippen LogP contribution in [0.5, 0.6) is 0 Å². The molecule has 3 rings (SSSR count). The highest BCUT2D eigenvalue weighted by Gasteiger charge is 2.34. The molecule has 0 aromatic heterocycles. The highest BCUT2D eigenvalue weighted by Crippen LogP contribution is 2.32. The molecule has 2 fully saturated rings. The minimum absolute atomic E-state index is 0.0241. The van der Waals surface area contributed by atoms with Gasteiger partial charge in [-0.3, -0.25) is 14.4 Å². The van der Waals surface area contributed by atoms with Gasteiger partial charge in [-0.1, -0.05) is 6.42 Å². The van der Waals surface area contributed by atoms with Crippen molar-refractivity contribution in [3.05, 3.63) is 29.3 Å². The second-order valence-corrected chi connectivity index (χ2v) is 7.65. The molecule has 0 radical (unpaired) electrons. The zero-order chi connectivity index (χ0) is 21.9. The number of amides is 3. The number of anilines is 1. The average Bonchev–Trinajstić information content (AvgIpc) is 2.86. The van der Waals surface area contributed by atoms with Gasteiger partial charge in [-0.25, -0.2) is 0 Å². The van der Waals surface area contributed by atoms with Gasteiger partial charge in [-0.05, 0) is 31.0 Å². The molecule has 0 unspecified atom stereocenters. The molecule has 3 amide bonds. The first kappa shape index (κ1) is 22.1. The number of carbonyl (C=O) groups is 3. The smallest absolute Gasteiger partial charge is 0.389 e. The van der Waals surface area contributed by atoms with E-state index in [-0.39, 0.29) is 43.2 Å². The van der Waals surface area contributed by atoms with E-state index >= 15 is 0 Å². The molecule has 2 aliphatic rings. The van der Waals surface area contributed by atoms with E-state index in [1.807, 2.05) is 0 Å². The van der Waals surface area contributed by atoms with Crippen molar-refractivity contribution in [3.8, 4) is 0 Å². The Bertz CT molecular complexity index is 822.